The molecule has 1 saturated carbocycles. The molecule has 5 rings (SSSR count). The van der Waals surface area contributed by atoms with E-state index in [2.05, 4.69) is 14.6 Å². The van der Waals surface area contributed by atoms with E-state index < -0.39 is 11.9 Å². The monoisotopic (exact) mass is 413 g/mol. The van der Waals surface area contributed by atoms with Crippen LogP contribution in [0.25, 0.3) is 0 Å². The fourth-order valence-electron chi connectivity index (χ4n) is 5.40. The Bertz CT molecular complexity index is 733. The van der Waals surface area contributed by atoms with E-state index in [1.807, 2.05) is 0 Å². The van der Waals surface area contributed by atoms with Crippen LogP contribution in [0, 0.1) is 12.3 Å². The van der Waals surface area contributed by atoms with Crippen LogP contribution >= 0.6 is 11.9 Å². The third-order valence-electron chi connectivity index (χ3n) is 6.84. The molecule has 4 fully saturated rings. The van der Waals surface area contributed by atoms with Crippen molar-refractivity contribution >= 4 is 11.9 Å². The highest BCUT2D eigenvalue weighted by Gasteiger charge is 2.51. The summed E-state index contributed by atoms with van der Waals surface area (Å²) in [4.78, 5) is 4.62. The normalized spacial score (nSPS) is 32.4. The predicted molar refractivity (Wildman–Crippen MR) is 101 cm³/mol. The number of fused-ring (bicyclic) bond motifs is 2. The summed E-state index contributed by atoms with van der Waals surface area (Å²) in [5.74, 6) is 0. The zero-order valence-electron chi connectivity index (χ0n) is 16.0. The smallest absolute Gasteiger partial charge is 0.380 e. The van der Waals surface area contributed by atoms with Gasteiger partial charge in [0.25, 0.3) is 0 Å². The molecule has 4 aliphatic rings. The summed E-state index contributed by atoms with van der Waals surface area (Å²) in [5.41, 5.74) is 0.137. The van der Waals surface area contributed by atoms with Crippen LogP contribution in [-0.4, -0.2) is 46.7 Å². The van der Waals surface area contributed by atoms with Crippen LogP contribution in [0.2, 0.25) is 0 Å². The van der Waals surface area contributed by atoms with Crippen molar-refractivity contribution in [3.8, 4) is 0 Å². The van der Waals surface area contributed by atoms with Crippen LogP contribution in [0.1, 0.15) is 49.9 Å². The number of pyridine rings is 1. The van der Waals surface area contributed by atoms with Crippen molar-refractivity contribution in [2.45, 2.75) is 80.7 Å². The number of piperidine rings is 1. The van der Waals surface area contributed by atoms with Gasteiger partial charge in [0.05, 0.1) is 18.9 Å². The molecule has 1 spiro atoms. The van der Waals surface area contributed by atoms with Gasteiger partial charge in [0.15, 0.2) is 0 Å². The van der Waals surface area contributed by atoms with Gasteiger partial charge in [0.1, 0.15) is 5.69 Å². The number of hydrogen-bond acceptors (Lipinski definition) is 5. The Labute approximate surface area is 167 Å². The largest absolute Gasteiger partial charge is 0.433 e. The summed E-state index contributed by atoms with van der Waals surface area (Å²) in [6.45, 7) is 3.54. The van der Waals surface area contributed by atoms with Crippen LogP contribution in [0.4, 0.5) is 13.2 Å². The van der Waals surface area contributed by atoms with Gasteiger partial charge >= 0.3 is 6.18 Å². The lowest BCUT2D eigenvalue weighted by atomic mass is 9.64. The first kappa shape index (κ1) is 19.2. The molecule has 0 radical (unpaired) electrons. The van der Waals surface area contributed by atoms with Crippen LogP contribution in [0.5, 0.6) is 0 Å². The van der Waals surface area contributed by atoms with Crippen LogP contribution < -0.4 is 5.32 Å². The Morgan fingerprint density at radius 2 is 1.82 bits per heavy atom. The maximum Gasteiger partial charge on any atom is 0.433 e. The van der Waals surface area contributed by atoms with Gasteiger partial charge in [-0.05, 0) is 69.5 Å². The molecule has 4 heterocycles. The topological polar surface area (TPSA) is 37.4 Å². The predicted octanol–water partition coefficient (Wildman–Crippen LogP) is 4.18. The van der Waals surface area contributed by atoms with E-state index in [4.69, 9.17) is 4.74 Å². The van der Waals surface area contributed by atoms with Gasteiger partial charge in [-0.2, -0.15) is 13.2 Å². The molecule has 8 heteroatoms. The molecule has 1 aromatic rings. The minimum Gasteiger partial charge on any atom is -0.380 e. The summed E-state index contributed by atoms with van der Waals surface area (Å²) in [5, 5.41) is 3.87. The summed E-state index contributed by atoms with van der Waals surface area (Å²) < 4.78 is 46.4. The first-order valence-electron chi connectivity index (χ1n) is 10.2. The SMILES string of the molecule is Cc1nc(C(F)(F)F)ccc1SN1[C@@H]2CC[C@H]1CC(NC1CC3(COC3)C1)C2. The molecular formula is C20H26F3N3OS. The van der Waals surface area contributed by atoms with Crippen LogP contribution in [0.3, 0.4) is 0 Å². The van der Waals surface area contributed by atoms with Gasteiger partial charge in [0, 0.05) is 34.5 Å². The fourth-order valence-corrected chi connectivity index (χ4v) is 6.61. The minimum absolute atomic E-state index is 0.460. The van der Waals surface area contributed by atoms with E-state index in [1.54, 1.807) is 24.9 Å². The molecule has 154 valence electrons. The standard InChI is InChI=1S/C20H26F3N3OS/c1-12-17(4-5-18(24-12)20(21,22)23)28-26-15-2-3-16(26)7-13(6-15)25-14-8-19(9-14)10-27-11-19/h4-5,13-16,25H,2-3,6-11H2,1H3/t13?,15-,16+. The van der Waals surface area contributed by atoms with Crippen molar-refractivity contribution in [3.05, 3.63) is 23.5 Å². The van der Waals surface area contributed by atoms with Crippen molar-refractivity contribution in [1.29, 1.82) is 0 Å². The van der Waals surface area contributed by atoms with Crippen LogP contribution in [0.15, 0.2) is 17.0 Å². The maximum atomic E-state index is 12.9. The number of aryl methyl sites for hydroxylation is 1. The molecule has 1 N–H and O–H groups in total. The number of nitrogens with zero attached hydrogens (tertiary/aromatic N) is 2. The van der Waals surface area contributed by atoms with Crippen LogP contribution in [-0.2, 0) is 10.9 Å². The number of halogens is 3. The minimum atomic E-state index is -4.39. The van der Waals surface area contributed by atoms with Gasteiger partial charge in [-0.25, -0.2) is 9.29 Å². The third-order valence-corrected chi connectivity index (χ3v) is 8.28. The van der Waals surface area contributed by atoms with Crippen molar-refractivity contribution in [1.82, 2.24) is 14.6 Å². The van der Waals surface area contributed by atoms with Crippen molar-refractivity contribution in [2.75, 3.05) is 13.2 Å². The van der Waals surface area contributed by atoms with Crippen molar-refractivity contribution < 1.29 is 17.9 Å². The average molecular weight is 414 g/mol. The summed E-state index contributed by atoms with van der Waals surface area (Å²) in [7, 11) is 0. The zero-order chi connectivity index (χ0) is 19.5. The summed E-state index contributed by atoms with van der Waals surface area (Å²) >= 11 is 1.60. The fraction of sp³-hybridized carbons (Fsp3) is 0.750. The molecule has 0 amide bonds. The Morgan fingerprint density at radius 1 is 1.14 bits per heavy atom. The number of aromatic nitrogens is 1. The third kappa shape index (κ3) is 3.46. The highest BCUT2D eigenvalue weighted by atomic mass is 32.2. The lowest BCUT2D eigenvalue weighted by Gasteiger charge is -2.54. The second-order valence-electron chi connectivity index (χ2n) is 9.05. The molecule has 1 aromatic heterocycles. The van der Waals surface area contributed by atoms with Gasteiger partial charge in [-0.15, -0.1) is 0 Å². The number of nitrogens with one attached hydrogen (secondary N) is 1. The molecule has 3 aliphatic heterocycles. The first-order chi connectivity index (χ1) is 13.3. The first-order valence-corrected chi connectivity index (χ1v) is 10.9. The van der Waals surface area contributed by atoms with Gasteiger partial charge < -0.3 is 10.1 Å². The molecule has 1 unspecified atom stereocenters. The van der Waals surface area contributed by atoms with E-state index >= 15 is 0 Å². The van der Waals surface area contributed by atoms with Gasteiger partial charge in [0.2, 0.25) is 0 Å². The Balaban J connectivity index is 1.19. The molecule has 28 heavy (non-hydrogen) atoms. The van der Waals surface area contributed by atoms with E-state index in [0.29, 0.717) is 35.3 Å². The Hall–Kier alpha value is -0.830. The molecule has 3 saturated heterocycles. The molecule has 1 aliphatic carbocycles. The van der Waals surface area contributed by atoms with E-state index in [0.717, 1.165) is 37.0 Å². The number of hydrogen-bond donors (Lipinski definition) is 1. The zero-order valence-corrected chi connectivity index (χ0v) is 16.8. The lowest BCUT2D eigenvalue weighted by Crippen LogP contribution is -2.61. The Kier molecular flexibility index (Phi) is 4.69. The molecular weight excluding hydrogens is 387 g/mol. The number of ether oxygens (including phenoxy) is 1. The number of rotatable bonds is 4. The lowest BCUT2D eigenvalue weighted by molar-refractivity contribution is -0.168. The second-order valence-corrected chi connectivity index (χ2v) is 10.1. The Morgan fingerprint density at radius 3 is 2.36 bits per heavy atom. The number of alkyl halides is 3. The molecule has 4 nitrogen and oxygen atoms in total. The average Bonchev–Trinajstić information content (AvgIpc) is 2.79. The molecule has 0 aromatic carbocycles. The van der Waals surface area contributed by atoms with Crippen molar-refractivity contribution in [2.24, 2.45) is 5.41 Å². The summed E-state index contributed by atoms with van der Waals surface area (Å²) in [6.07, 6.45) is 2.69. The van der Waals surface area contributed by atoms with Gasteiger partial charge in [-0.3, -0.25) is 0 Å². The summed E-state index contributed by atoms with van der Waals surface area (Å²) in [6, 6.07) is 4.85. The quantitative estimate of drug-likeness (QED) is 0.750. The molecule has 3 atom stereocenters. The maximum absolute atomic E-state index is 12.9. The van der Waals surface area contributed by atoms with Crippen molar-refractivity contribution in [3.63, 3.8) is 0 Å². The molecule has 2 bridgehead atoms. The van der Waals surface area contributed by atoms with E-state index in [1.165, 1.54) is 25.7 Å². The van der Waals surface area contributed by atoms with E-state index in [9.17, 15) is 13.2 Å². The highest BCUT2D eigenvalue weighted by molar-refractivity contribution is 7.97. The second kappa shape index (κ2) is 6.86. The highest BCUT2D eigenvalue weighted by Crippen LogP contribution is 2.48. The van der Waals surface area contributed by atoms with Gasteiger partial charge in [-0.1, -0.05) is 0 Å². The van der Waals surface area contributed by atoms with E-state index in [-0.39, 0.29) is 0 Å².